The van der Waals surface area contributed by atoms with E-state index in [0.29, 0.717) is 0 Å². The first-order valence-electron chi connectivity index (χ1n) is 3.84. The second-order valence-electron chi connectivity index (χ2n) is 2.68. The monoisotopic (exact) mass is 206 g/mol. The summed E-state index contributed by atoms with van der Waals surface area (Å²) >= 11 is 0. The Morgan fingerprint density at radius 3 is 2.57 bits per heavy atom. The van der Waals surface area contributed by atoms with Crippen molar-refractivity contribution in [2.24, 2.45) is 0 Å². The minimum Gasteiger partial charge on any atom is -0.494 e. The number of methoxy groups -OCH3 is 1. The maximum atomic E-state index is 13.2. The summed E-state index contributed by atoms with van der Waals surface area (Å²) in [6, 6.07) is 3.38. The molecule has 1 aromatic rings. The van der Waals surface area contributed by atoms with Gasteiger partial charge in [-0.25, -0.2) is 4.39 Å². The molecule has 1 N–H and O–H groups in total. The van der Waals surface area contributed by atoms with E-state index in [4.69, 9.17) is 5.11 Å². The molecule has 0 atom stereocenters. The predicted octanol–water partition coefficient (Wildman–Crippen LogP) is 1.92. The molecule has 1 aromatic carbocycles. The van der Waals surface area contributed by atoms with Gasteiger partial charge in [-0.1, -0.05) is 6.07 Å². The Labute approximate surface area is 78.9 Å². The Hall–Kier alpha value is -1.23. The van der Waals surface area contributed by atoms with Crippen LogP contribution >= 0.6 is 0 Å². The lowest BCUT2D eigenvalue weighted by molar-refractivity contribution is -0.0585. The molecule has 0 unspecified atom stereocenters. The number of halogens is 3. The molecule has 2 nitrogen and oxygen atoms in total. The summed E-state index contributed by atoms with van der Waals surface area (Å²) in [4.78, 5) is 0. The molecular weight excluding hydrogens is 197 g/mol. The van der Waals surface area contributed by atoms with Crippen molar-refractivity contribution in [2.45, 2.75) is 5.92 Å². The molecule has 0 aliphatic carbocycles. The van der Waals surface area contributed by atoms with Gasteiger partial charge >= 0.3 is 0 Å². The molecule has 5 heteroatoms. The van der Waals surface area contributed by atoms with Gasteiger partial charge in [-0.2, -0.15) is 8.78 Å². The molecule has 78 valence electrons. The van der Waals surface area contributed by atoms with E-state index in [1.807, 2.05) is 0 Å². The lowest BCUT2D eigenvalue weighted by atomic mass is 10.1. The maximum Gasteiger partial charge on any atom is 0.298 e. The van der Waals surface area contributed by atoms with Crippen LogP contribution in [-0.2, 0) is 5.92 Å². The van der Waals surface area contributed by atoms with Gasteiger partial charge in [0.2, 0.25) is 0 Å². The average Bonchev–Trinajstić information content (AvgIpc) is 2.18. The zero-order valence-corrected chi connectivity index (χ0v) is 7.43. The first kappa shape index (κ1) is 10.8. The first-order valence-corrected chi connectivity index (χ1v) is 3.84. The van der Waals surface area contributed by atoms with Gasteiger partial charge in [0, 0.05) is 0 Å². The lowest BCUT2D eigenvalue weighted by Gasteiger charge is -2.15. The molecule has 0 aliphatic heterocycles. The van der Waals surface area contributed by atoms with Gasteiger partial charge < -0.3 is 9.84 Å². The van der Waals surface area contributed by atoms with Crippen LogP contribution in [0.5, 0.6) is 5.75 Å². The van der Waals surface area contributed by atoms with Crippen LogP contribution in [0, 0.1) is 5.82 Å². The second kappa shape index (κ2) is 3.88. The highest BCUT2D eigenvalue weighted by Gasteiger charge is 2.34. The Bertz CT molecular complexity index is 326. The summed E-state index contributed by atoms with van der Waals surface area (Å²) in [5.74, 6) is -5.00. The molecule has 0 aliphatic rings. The summed E-state index contributed by atoms with van der Waals surface area (Å²) in [5.41, 5.74) is -0.862. The van der Waals surface area contributed by atoms with Crippen LogP contribution in [0.4, 0.5) is 13.2 Å². The fourth-order valence-electron chi connectivity index (χ4n) is 1.04. The summed E-state index contributed by atoms with van der Waals surface area (Å²) in [5, 5.41) is 8.38. The fraction of sp³-hybridized carbons (Fsp3) is 0.333. The zero-order valence-electron chi connectivity index (χ0n) is 7.43. The van der Waals surface area contributed by atoms with Crippen LogP contribution in [0.25, 0.3) is 0 Å². The van der Waals surface area contributed by atoms with E-state index in [-0.39, 0.29) is 5.75 Å². The number of hydrogen-bond donors (Lipinski definition) is 1. The smallest absolute Gasteiger partial charge is 0.298 e. The van der Waals surface area contributed by atoms with Crippen LogP contribution in [0.3, 0.4) is 0 Å². The SMILES string of the molecule is COc1cccc(C(F)(F)CO)c1F. The summed E-state index contributed by atoms with van der Waals surface area (Å²) in [6.45, 7) is -1.43. The highest BCUT2D eigenvalue weighted by atomic mass is 19.3. The van der Waals surface area contributed by atoms with Crippen molar-refractivity contribution in [3.8, 4) is 5.75 Å². The van der Waals surface area contributed by atoms with Gasteiger partial charge in [-0.3, -0.25) is 0 Å². The molecule has 0 radical (unpaired) electrons. The number of benzene rings is 1. The van der Waals surface area contributed by atoms with Crippen molar-refractivity contribution in [1.82, 2.24) is 0 Å². The average molecular weight is 206 g/mol. The molecule has 0 fully saturated rings. The number of aliphatic hydroxyl groups is 1. The van der Waals surface area contributed by atoms with Gasteiger partial charge in [0.05, 0.1) is 12.7 Å². The number of aliphatic hydroxyl groups excluding tert-OH is 1. The van der Waals surface area contributed by atoms with E-state index in [1.54, 1.807) is 0 Å². The molecule has 0 saturated carbocycles. The minimum atomic E-state index is -3.58. The van der Waals surface area contributed by atoms with Crippen LogP contribution < -0.4 is 4.74 Å². The number of ether oxygens (including phenoxy) is 1. The molecule has 0 heterocycles. The first-order chi connectivity index (χ1) is 6.53. The van der Waals surface area contributed by atoms with Crippen molar-refractivity contribution < 1.29 is 23.0 Å². The minimum absolute atomic E-state index is 0.268. The van der Waals surface area contributed by atoms with E-state index in [0.717, 1.165) is 6.07 Å². The van der Waals surface area contributed by atoms with Crippen LogP contribution in [-0.4, -0.2) is 18.8 Å². The third-order valence-electron chi connectivity index (χ3n) is 1.78. The predicted molar refractivity (Wildman–Crippen MR) is 43.9 cm³/mol. The third kappa shape index (κ3) is 1.82. The quantitative estimate of drug-likeness (QED) is 0.818. The maximum absolute atomic E-state index is 13.2. The molecule has 0 amide bonds. The standard InChI is InChI=1S/C9H9F3O2/c1-14-7-4-2-3-6(8(7)10)9(11,12)5-13/h2-4,13H,5H2,1H3. The number of alkyl halides is 2. The van der Waals surface area contributed by atoms with Gasteiger partial charge in [-0.05, 0) is 12.1 Å². The van der Waals surface area contributed by atoms with Crippen molar-refractivity contribution in [3.63, 3.8) is 0 Å². The molecule has 0 bridgehead atoms. The molecule has 0 saturated heterocycles. The summed E-state index contributed by atoms with van der Waals surface area (Å²) in [6.07, 6.45) is 0. The van der Waals surface area contributed by atoms with Crippen molar-refractivity contribution >= 4 is 0 Å². The topological polar surface area (TPSA) is 29.5 Å². The van der Waals surface area contributed by atoms with Crippen molar-refractivity contribution in [3.05, 3.63) is 29.6 Å². The van der Waals surface area contributed by atoms with Gasteiger partial charge in [0.1, 0.15) is 6.61 Å². The molecule has 0 spiro atoms. The number of rotatable bonds is 3. The van der Waals surface area contributed by atoms with E-state index in [9.17, 15) is 13.2 Å². The number of hydrogen-bond acceptors (Lipinski definition) is 2. The molecule has 1 rings (SSSR count). The van der Waals surface area contributed by atoms with E-state index >= 15 is 0 Å². The fourth-order valence-corrected chi connectivity index (χ4v) is 1.04. The molecular formula is C9H9F3O2. The van der Waals surface area contributed by atoms with E-state index in [2.05, 4.69) is 4.74 Å². The van der Waals surface area contributed by atoms with Crippen molar-refractivity contribution in [1.29, 1.82) is 0 Å². The Morgan fingerprint density at radius 1 is 1.43 bits per heavy atom. The second-order valence-corrected chi connectivity index (χ2v) is 2.68. The summed E-state index contributed by atoms with van der Waals surface area (Å²) < 4.78 is 43.6. The highest BCUT2D eigenvalue weighted by molar-refractivity contribution is 5.33. The van der Waals surface area contributed by atoms with E-state index in [1.165, 1.54) is 19.2 Å². The van der Waals surface area contributed by atoms with Gasteiger partial charge in [0.15, 0.2) is 11.6 Å². The third-order valence-corrected chi connectivity index (χ3v) is 1.78. The largest absolute Gasteiger partial charge is 0.494 e. The van der Waals surface area contributed by atoms with E-state index < -0.39 is 23.9 Å². The Kier molecular flexibility index (Phi) is 3.00. The highest BCUT2D eigenvalue weighted by Crippen LogP contribution is 2.32. The van der Waals surface area contributed by atoms with Crippen LogP contribution in [0.1, 0.15) is 5.56 Å². The normalized spacial score (nSPS) is 11.5. The molecule has 14 heavy (non-hydrogen) atoms. The zero-order chi connectivity index (χ0) is 10.8. The Balaban J connectivity index is 3.22. The van der Waals surface area contributed by atoms with Gasteiger partial charge in [-0.15, -0.1) is 0 Å². The Morgan fingerprint density at radius 2 is 2.07 bits per heavy atom. The van der Waals surface area contributed by atoms with Crippen LogP contribution in [0.15, 0.2) is 18.2 Å². The van der Waals surface area contributed by atoms with Crippen molar-refractivity contribution in [2.75, 3.05) is 13.7 Å². The lowest BCUT2D eigenvalue weighted by Crippen LogP contribution is -2.20. The van der Waals surface area contributed by atoms with Crippen LogP contribution in [0.2, 0.25) is 0 Å². The van der Waals surface area contributed by atoms with Gasteiger partial charge in [0.25, 0.3) is 5.92 Å². The summed E-state index contributed by atoms with van der Waals surface area (Å²) in [7, 11) is 1.18. The molecule has 0 aromatic heterocycles.